The van der Waals surface area contributed by atoms with Crippen molar-refractivity contribution in [2.75, 3.05) is 5.73 Å². The first-order valence-electron chi connectivity index (χ1n) is 6.57. The second-order valence-electron chi connectivity index (χ2n) is 4.73. The van der Waals surface area contributed by atoms with E-state index in [1.807, 2.05) is 13.0 Å². The van der Waals surface area contributed by atoms with E-state index < -0.39 is 0 Å². The van der Waals surface area contributed by atoms with Crippen LogP contribution >= 0.6 is 11.3 Å². The molecular weight excluding hydrogens is 289 g/mol. The number of nitrogen functional groups attached to an aromatic ring is 1. The quantitative estimate of drug-likeness (QED) is 0.792. The van der Waals surface area contributed by atoms with E-state index in [1.54, 1.807) is 6.07 Å². The van der Waals surface area contributed by atoms with Gasteiger partial charge in [-0.3, -0.25) is 0 Å². The van der Waals surface area contributed by atoms with Crippen molar-refractivity contribution < 1.29 is 8.91 Å². The zero-order chi connectivity index (χ0) is 15.0. The van der Waals surface area contributed by atoms with Crippen LogP contribution in [0.4, 0.5) is 9.39 Å². The molecule has 0 amide bonds. The maximum atomic E-state index is 13.1. The number of anilines is 1. The fourth-order valence-electron chi connectivity index (χ4n) is 2.12. The summed E-state index contributed by atoms with van der Waals surface area (Å²) >= 11 is 1.52. The van der Waals surface area contributed by atoms with Gasteiger partial charge in [0, 0.05) is 10.4 Å². The first-order chi connectivity index (χ1) is 10.1. The molecule has 0 bridgehead atoms. The summed E-state index contributed by atoms with van der Waals surface area (Å²) in [6, 6.07) is 6.44. The lowest BCUT2D eigenvalue weighted by atomic mass is 10.1. The maximum Gasteiger partial charge on any atom is 0.261 e. The standard InChI is InChI=1S/C15H14FN3OS/c1-3-10-7-12(13(17)21-10)15-18-14(19-20-15)11-5-4-9(16)6-8(11)2/h4-7H,3,17H2,1-2H3. The van der Waals surface area contributed by atoms with E-state index >= 15 is 0 Å². The average Bonchev–Trinajstić information content (AvgIpc) is 3.05. The van der Waals surface area contributed by atoms with Gasteiger partial charge < -0.3 is 10.3 Å². The van der Waals surface area contributed by atoms with E-state index in [-0.39, 0.29) is 5.82 Å². The van der Waals surface area contributed by atoms with E-state index in [0.717, 1.165) is 23.1 Å². The second kappa shape index (κ2) is 5.29. The molecule has 2 N–H and O–H groups in total. The Balaban J connectivity index is 2.01. The molecule has 0 radical (unpaired) electrons. The van der Waals surface area contributed by atoms with Gasteiger partial charge >= 0.3 is 0 Å². The van der Waals surface area contributed by atoms with Gasteiger partial charge in [0.15, 0.2) is 0 Å². The minimum Gasteiger partial charge on any atom is -0.390 e. The molecule has 6 heteroatoms. The fourth-order valence-corrected chi connectivity index (χ4v) is 2.98. The van der Waals surface area contributed by atoms with Crippen LogP contribution in [-0.2, 0) is 6.42 Å². The van der Waals surface area contributed by atoms with E-state index in [0.29, 0.717) is 16.7 Å². The second-order valence-corrected chi connectivity index (χ2v) is 5.89. The van der Waals surface area contributed by atoms with Crippen LogP contribution in [0.3, 0.4) is 0 Å². The predicted octanol–water partition coefficient (Wildman–Crippen LogP) is 4.06. The largest absolute Gasteiger partial charge is 0.390 e. The minimum atomic E-state index is -0.283. The van der Waals surface area contributed by atoms with Crippen molar-refractivity contribution in [3.05, 3.63) is 40.5 Å². The molecule has 0 atom stereocenters. The number of halogens is 1. The van der Waals surface area contributed by atoms with Gasteiger partial charge in [0.25, 0.3) is 5.89 Å². The summed E-state index contributed by atoms with van der Waals surface area (Å²) in [7, 11) is 0. The summed E-state index contributed by atoms with van der Waals surface area (Å²) in [5, 5.41) is 4.63. The van der Waals surface area contributed by atoms with Crippen molar-refractivity contribution in [2.45, 2.75) is 20.3 Å². The summed E-state index contributed by atoms with van der Waals surface area (Å²) in [4.78, 5) is 5.54. The third-order valence-electron chi connectivity index (χ3n) is 3.25. The minimum absolute atomic E-state index is 0.283. The van der Waals surface area contributed by atoms with Crippen LogP contribution in [0, 0.1) is 12.7 Å². The topological polar surface area (TPSA) is 64.9 Å². The van der Waals surface area contributed by atoms with E-state index in [4.69, 9.17) is 10.3 Å². The lowest BCUT2D eigenvalue weighted by Crippen LogP contribution is -1.87. The number of hydrogen-bond donors (Lipinski definition) is 1. The van der Waals surface area contributed by atoms with Gasteiger partial charge in [0.05, 0.1) is 10.6 Å². The van der Waals surface area contributed by atoms with Gasteiger partial charge in [0.2, 0.25) is 5.82 Å². The van der Waals surface area contributed by atoms with Crippen molar-refractivity contribution in [3.63, 3.8) is 0 Å². The van der Waals surface area contributed by atoms with Crippen LogP contribution < -0.4 is 5.73 Å². The summed E-state index contributed by atoms with van der Waals surface area (Å²) in [5.41, 5.74) is 8.25. The van der Waals surface area contributed by atoms with E-state index in [1.165, 1.54) is 28.3 Å². The Bertz CT molecular complexity index is 794. The summed E-state index contributed by atoms with van der Waals surface area (Å²) in [6.45, 7) is 3.87. The molecule has 0 aliphatic rings. The smallest absolute Gasteiger partial charge is 0.261 e. The molecule has 3 aromatic rings. The van der Waals surface area contributed by atoms with Gasteiger partial charge in [-0.1, -0.05) is 12.1 Å². The monoisotopic (exact) mass is 303 g/mol. The third kappa shape index (κ3) is 2.54. The Morgan fingerprint density at radius 3 is 2.76 bits per heavy atom. The van der Waals surface area contributed by atoms with Crippen LogP contribution in [0.1, 0.15) is 17.4 Å². The van der Waals surface area contributed by atoms with Crippen LogP contribution in [0.15, 0.2) is 28.8 Å². The number of nitrogens with zero attached hydrogens (tertiary/aromatic N) is 2. The fraction of sp³-hybridized carbons (Fsp3) is 0.200. The zero-order valence-corrected chi connectivity index (χ0v) is 12.5. The van der Waals surface area contributed by atoms with Crippen LogP contribution in [0.5, 0.6) is 0 Å². The van der Waals surface area contributed by atoms with Crippen molar-refractivity contribution in [1.29, 1.82) is 0 Å². The van der Waals surface area contributed by atoms with Crippen LogP contribution in [-0.4, -0.2) is 10.1 Å². The van der Waals surface area contributed by atoms with Crippen LogP contribution in [0.25, 0.3) is 22.8 Å². The molecule has 0 spiro atoms. The molecule has 2 heterocycles. The first-order valence-corrected chi connectivity index (χ1v) is 7.39. The molecule has 0 unspecified atom stereocenters. The third-order valence-corrected chi connectivity index (χ3v) is 4.35. The van der Waals surface area contributed by atoms with Gasteiger partial charge in [-0.05, 0) is 43.2 Å². The molecular formula is C15H14FN3OS. The summed E-state index contributed by atoms with van der Waals surface area (Å²) in [6.07, 6.45) is 0.910. The zero-order valence-electron chi connectivity index (χ0n) is 11.7. The highest BCUT2D eigenvalue weighted by atomic mass is 32.1. The number of aryl methyl sites for hydroxylation is 2. The average molecular weight is 303 g/mol. The van der Waals surface area contributed by atoms with Crippen LogP contribution in [0.2, 0.25) is 0 Å². The maximum absolute atomic E-state index is 13.1. The highest BCUT2D eigenvalue weighted by molar-refractivity contribution is 7.16. The molecule has 0 saturated heterocycles. The van der Waals surface area contributed by atoms with Crippen molar-refractivity contribution in [1.82, 2.24) is 10.1 Å². The van der Waals surface area contributed by atoms with E-state index in [2.05, 4.69) is 17.1 Å². The summed E-state index contributed by atoms with van der Waals surface area (Å²) < 4.78 is 18.4. The molecule has 0 saturated carbocycles. The van der Waals surface area contributed by atoms with Gasteiger partial charge in [-0.25, -0.2) is 4.39 Å². The first kappa shape index (κ1) is 13.8. The van der Waals surface area contributed by atoms with Crippen molar-refractivity contribution >= 4 is 16.3 Å². The SMILES string of the molecule is CCc1cc(-c2nc(-c3ccc(F)cc3C)no2)c(N)s1. The molecule has 108 valence electrons. The lowest BCUT2D eigenvalue weighted by Gasteiger charge is -1.99. The molecule has 0 fully saturated rings. The molecule has 21 heavy (non-hydrogen) atoms. The Hall–Kier alpha value is -2.21. The number of thiophene rings is 1. The Morgan fingerprint density at radius 1 is 1.29 bits per heavy atom. The van der Waals surface area contributed by atoms with Crippen molar-refractivity contribution in [2.24, 2.45) is 0 Å². The lowest BCUT2D eigenvalue weighted by molar-refractivity contribution is 0.432. The molecule has 0 aliphatic heterocycles. The molecule has 1 aromatic carbocycles. The van der Waals surface area contributed by atoms with E-state index in [9.17, 15) is 4.39 Å². The molecule has 3 rings (SSSR count). The number of hydrogen-bond acceptors (Lipinski definition) is 5. The van der Waals surface area contributed by atoms with Gasteiger partial charge in [0.1, 0.15) is 5.82 Å². The highest BCUT2D eigenvalue weighted by Gasteiger charge is 2.16. The highest BCUT2D eigenvalue weighted by Crippen LogP contribution is 2.34. The molecule has 2 aromatic heterocycles. The number of rotatable bonds is 3. The number of aromatic nitrogens is 2. The predicted molar refractivity (Wildman–Crippen MR) is 81.5 cm³/mol. The van der Waals surface area contributed by atoms with Gasteiger partial charge in [-0.2, -0.15) is 4.98 Å². The Labute approximate surface area is 125 Å². The van der Waals surface area contributed by atoms with Crippen molar-refractivity contribution in [3.8, 4) is 22.8 Å². The summed E-state index contributed by atoms with van der Waals surface area (Å²) in [5.74, 6) is 0.544. The number of benzene rings is 1. The Morgan fingerprint density at radius 2 is 2.10 bits per heavy atom. The Kier molecular flexibility index (Phi) is 3.47. The normalized spacial score (nSPS) is 11.0. The molecule has 0 aliphatic carbocycles. The molecule has 4 nitrogen and oxygen atoms in total. The van der Waals surface area contributed by atoms with Gasteiger partial charge in [-0.15, -0.1) is 11.3 Å². The number of nitrogens with two attached hydrogens (primary N) is 1.